The van der Waals surface area contributed by atoms with Crippen LogP contribution in [0.5, 0.6) is 0 Å². The van der Waals surface area contributed by atoms with E-state index in [-0.39, 0.29) is 18.2 Å². The molecule has 1 aromatic carbocycles. The highest BCUT2D eigenvalue weighted by atomic mass is 32.1. The topological polar surface area (TPSA) is 82.6 Å². The first-order valence-corrected chi connectivity index (χ1v) is 9.12. The summed E-state index contributed by atoms with van der Waals surface area (Å²) in [5.41, 5.74) is 1.97. The Labute approximate surface area is 155 Å². The second-order valence-electron chi connectivity index (χ2n) is 6.18. The first-order valence-electron chi connectivity index (χ1n) is 8.24. The Morgan fingerprint density at radius 1 is 1.23 bits per heavy atom. The van der Waals surface area contributed by atoms with Crippen LogP contribution in [0.25, 0.3) is 0 Å². The Kier molecular flexibility index (Phi) is 5.32. The van der Waals surface area contributed by atoms with Gasteiger partial charge in [-0.15, -0.1) is 11.3 Å². The normalized spacial score (nSPS) is 17.1. The van der Waals surface area contributed by atoms with Gasteiger partial charge < -0.3 is 10.2 Å². The van der Waals surface area contributed by atoms with Gasteiger partial charge in [-0.1, -0.05) is 30.3 Å². The summed E-state index contributed by atoms with van der Waals surface area (Å²) >= 11 is 1.55. The third kappa shape index (κ3) is 3.91. The molecule has 0 radical (unpaired) electrons. The number of nitrogens with one attached hydrogen (secondary N) is 1. The molecule has 1 fully saturated rings. The van der Waals surface area contributed by atoms with Crippen LogP contribution >= 0.6 is 11.3 Å². The molecule has 0 aliphatic carbocycles. The van der Waals surface area contributed by atoms with Crippen LogP contribution in [-0.2, 0) is 22.6 Å². The second kappa shape index (κ2) is 7.65. The summed E-state index contributed by atoms with van der Waals surface area (Å²) in [6.45, 7) is 0.304. The molecule has 3 rings (SSSR count). The van der Waals surface area contributed by atoms with Crippen molar-refractivity contribution < 1.29 is 14.4 Å². The summed E-state index contributed by atoms with van der Waals surface area (Å²) in [4.78, 5) is 42.7. The number of urea groups is 1. The number of thiazole rings is 1. The number of carbonyl (C=O) groups excluding carboxylic acids is 3. The van der Waals surface area contributed by atoms with Gasteiger partial charge in [-0.2, -0.15) is 0 Å². The van der Waals surface area contributed by atoms with Crippen molar-refractivity contribution in [2.24, 2.45) is 0 Å². The fourth-order valence-electron chi connectivity index (χ4n) is 2.80. The molecule has 1 aliphatic heterocycles. The van der Waals surface area contributed by atoms with E-state index in [4.69, 9.17) is 0 Å². The quantitative estimate of drug-likeness (QED) is 0.782. The Balaban J connectivity index is 1.51. The lowest BCUT2D eigenvalue weighted by molar-refractivity contribution is -0.131. The van der Waals surface area contributed by atoms with Crippen molar-refractivity contribution in [3.63, 3.8) is 0 Å². The number of rotatable bonds is 6. The van der Waals surface area contributed by atoms with Crippen LogP contribution in [0.3, 0.4) is 0 Å². The van der Waals surface area contributed by atoms with Crippen LogP contribution in [-0.4, -0.2) is 52.8 Å². The molecular formula is C18H20N4O3S. The van der Waals surface area contributed by atoms with Gasteiger partial charge in [0.2, 0.25) is 5.91 Å². The minimum Gasteiger partial charge on any atom is -0.350 e. The number of nitrogens with zero attached hydrogens (tertiary/aromatic N) is 3. The molecule has 136 valence electrons. The van der Waals surface area contributed by atoms with Crippen LogP contribution in [0.15, 0.2) is 35.7 Å². The van der Waals surface area contributed by atoms with Gasteiger partial charge in [-0.05, 0) is 5.56 Å². The molecule has 7 nitrogen and oxygen atoms in total. The van der Waals surface area contributed by atoms with E-state index >= 15 is 0 Å². The maximum Gasteiger partial charge on any atom is 0.326 e. The molecule has 2 aromatic rings. The molecule has 1 atom stereocenters. The SMILES string of the molecule is CN1C(=O)[C@H](CC(=O)NCc2csc(Cc3ccccc3)n2)N(C)C1=O. The van der Waals surface area contributed by atoms with Crippen LogP contribution in [0.1, 0.15) is 22.7 Å². The van der Waals surface area contributed by atoms with E-state index in [0.29, 0.717) is 6.54 Å². The predicted octanol–water partition coefficient (Wildman–Crippen LogP) is 1.63. The van der Waals surface area contributed by atoms with E-state index in [1.807, 2.05) is 23.6 Å². The highest BCUT2D eigenvalue weighted by Gasteiger charge is 2.41. The summed E-state index contributed by atoms with van der Waals surface area (Å²) in [6, 6.07) is 8.94. The number of aromatic nitrogens is 1. The molecule has 1 N–H and O–H groups in total. The van der Waals surface area contributed by atoms with Crippen molar-refractivity contribution in [1.82, 2.24) is 20.1 Å². The van der Waals surface area contributed by atoms with E-state index in [0.717, 1.165) is 22.0 Å². The zero-order valence-electron chi connectivity index (χ0n) is 14.6. The summed E-state index contributed by atoms with van der Waals surface area (Å²) in [5.74, 6) is -0.637. The van der Waals surface area contributed by atoms with Crippen molar-refractivity contribution in [2.75, 3.05) is 14.1 Å². The minimum absolute atomic E-state index is 0.0492. The van der Waals surface area contributed by atoms with Crippen molar-refractivity contribution in [3.05, 3.63) is 52.0 Å². The van der Waals surface area contributed by atoms with E-state index in [9.17, 15) is 14.4 Å². The number of hydrogen-bond donors (Lipinski definition) is 1. The van der Waals surface area contributed by atoms with Crippen molar-refractivity contribution >= 4 is 29.2 Å². The van der Waals surface area contributed by atoms with Gasteiger partial charge in [0, 0.05) is 25.9 Å². The Hall–Kier alpha value is -2.74. The third-order valence-corrected chi connectivity index (χ3v) is 5.21. The number of likely N-dealkylation sites (N-methyl/N-ethyl adjacent to an activating group) is 2. The van der Waals surface area contributed by atoms with Crippen molar-refractivity contribution in [2.45, 2.75) is 25.4 Å². The first kappa shape index (κ1) is 18.1. The molecule has 2 heterocycles. The minimum atomic E-state index is -0.739. The first-order chi connectivity index (χ1) is 12.5. The summed E-state index contributed by atoms with van der Waals surface area (Å²) in [7, 11) is 2.95. The van der Waals surface area contributed by atoms with E-state index in [2.05, 4.69) is 22.4 Å². The Morgan fingerprint density at radius 2 is 1.96 bits per heavy atom. The number of hydrogen-bond acceptors (Lipinski definition) is 5. The molecule has 4 amide bonds. The van der Waals surface area contributed by atoms with E-state index < -0.39 is 12.1 Å². The summed E-state index contributed by atoms with van der Waals surface area (Å²) < 4.78 is 0. The molecular weight excluding hydrogens is 352 g/mol. The number of amides is 4. The Bertz CT molecular complexity index is 821. The van der Waals surface area contributed by atoms with Crippen molar-refractivity contribution in [1.29, 1.82) is 0 Å². The maximum absolute atomic E-state index is 12.1. The smallest absolute Gasteiger partial charge is 0.326 e. The van der Waals surface area contributed by atoms with Crippen molar-refractivity contribution in [3.8, 4) is 0 Å². The maximum atomic E-state index is 12.1. The van der Waals surface area contributed by atoms with Crippen LogP contribution in [0, 0.1) is 0 Å². The number of imide groups is 1. The number of benzene rings is 1. The average Bonchev–Trinajstić information content (AvgIpc) is 3.16. The lowest BCUT2D eigenvalue weighted by Crippen LogP contribution is -2.37. The lowest BCUT2D eigenvalue weighted by Gasteiger charge is -2.15. The molecule has 1 aliphatic rings. The monoisotopic (exact) mass is 372 g/mol. The van der Waals surface area contributed by atoms with Crippen LogP contribution in [0.4, 0.5) is 4.79 Å². The highest BCUT2D eigenvalue weighted by molar-refractivity contribution is 7.09. The second-order valence-corrected chi connectivity index (χ2v) is 7.12. The highest BCUT2D eigenvalue weighted by Crippen LogP contribution is 2.17. The third-order valence-electron chi connectivity index (χ3n) is 4.31. The average molecular weight is 372 g/mol. The van der Waals surface area contributed by atoms with Gasteiger partial charge in [0.25, 0.3) is 5.91 Å². The van der Waals surface area contributed by atoms with Gasteiger partial charge in [0.1, 0.15) is 6.04 Å². The Morgan fingerprint density at radius 3 is 2.62 bits per heavy atom. The molecule has 0 saturated carbocycles. The molecule has 0 unspecified atom stereocenters. The largest absolute Gasteiger partial charge is 0.350 e. The lowest BCUT2D eigenvalue weighted by atomic mass is 10.2. The van der Waals surface area contributed by atoms with Gasteiger partial charge in [0.15, 0.2) is 0 Å². The van der Waals surface area contributed by atoms with Gasteiger partial charge >= 0.3 is 6.03 Å². The van der Waals surface area contributed by atoms with Gasteiger partial charge in [-0.3, -0.25) is 14.5 Å². The molecule has 8 heteroatoms. The fourth-order valence-corrected chi connectivity index (χ4v) is 3.62. The zero-order chi connectivity index (χ0) is 18.7. The van der Waals surface area contributed by atoms with E-state index in [1.165, 1.54) is 24.6 Å². The summed E-state index contributed by atoms with van der Waals surface area (Å²) in [5, 5.41) is 5.67. The predicted molar refractivity (Wildman–Crippen MR) is 97.5 cm³/mol. The van der Waals surface area contributed by atoms with Gasteiger partial charge in [0.05, 0.1) is 23.7 Å². The van der Waals surface area contributed by atoms with E-state index in [1.54, 1.807) is 11.3 Å². The standard InChI is InChI=1S/C18H20N4O3S/c1-21-14(17(24)22(2)18(21)25)9-15(23)19-10-13-11-26-16(20-13)8-12-6-4-3-5-7-12/h3-7,11,14H,8-10H2,1-2H3,(H,19,23)/t14-/m0/s1. The molecule has 0 spiro atoms. The molecule has 0 bridgehead atoms. The summed E-state index contributed by atoms with van der Waals surface area (Å²) in [6.07, 6.45) is 0.710. The number of carbonyl (C=O) groups is 3. The zero-order valence-corrected chi connectivity index (χ0v) is 15.5. The van der Waals surface area contributed by atoms with Crippen LogP contribution < -0.4 is 5.32 Å². The van der Waals surface area contributed by atoms with Crippen LogP contribution in [0.2, 0.25) is 0 Å². The molecule has 1 aromatic heterocycles. The molecule has 1 saturated heterocycles. The molecule has 26 heavy (non-hydrogen) atoms. The van der Waals surface area contributed by atoms with Gasteiger partial charge in [-0.25, -0.2) is 9.78 Å². The fraction of sp³-hybridized carbons (Fsp3) is 0.333.